The minimum Gasteiger partial charge on any atom is -0.414 e. The first-order chi connectivity index (χ1) is 17.2. The summed E-state index contributed by atoms with van der Waals surface area (Å²) < 4.78 is 33.1. The summed E-state index contributed by atoms with van der Waals surface area (Å²) in [6.07, 6.45) is 1.58. The third-order valence-electron chi connectivity index (χ3n) is 5.50. The van der Waals surface area contributed by atoms with Crippen LogP contribution in [-0.2, 0) is 36.9 Å². The molecule has 1 unspecified atom stereocenters. The van der Waals surface area contributed by atoms with E-state index in [2.05, 4.69) is 0 Å². The number of allylic oxidation sites excluding steroid dienone is 1. The van der Waals surface area contributed by atoms with Crippen molar-refractivity contribution in [3.63, 3.8) is 0 Å². The van der Waals surface area contributed by atoms with Crippen molar-refractivity contribution >= 4 is 17.8 Å². The van der Waals surface area contributed by atoms with E-state index in [1.54, 1.807) is 56.6 Å². The fourth-order valence-corrected chi connectivity index (χ4v) is 3.88. The van der Waals surface area contributed by atoms with Gasteiger partial charge in [0.15, 0.2) is 0 Å². The van der Waals surface area contributed by atoms with Crippen molar-refractivity contribution in [1.29, 1.82) is 0 Å². The zero-order valence-electron chi connectivity index (χ0n) is 22.5. The second kappa shape index (κ2) is 14.0. The number of methoxy groups -OCH3 is 4. The lowest BCUT2D eigenvalue weighted by atomic mass is 9.84. The van der Waals surface area contributed by atoms with Gasteiger partial charge in [-0.3, -0.25) is 0 Å². The highest BCUT2D eigenvalue weighted by molar-refractivity contribution is 5.76. The van der Waals surface area contributed by atoms with Crippen molar-refractivity contribution in [3.8, 4) is 5.75 Å². The van der Waals surface area contributed by atoms with E-state index in [1.807, 2.05) is 18.2 Å². The lowest BCUT2D eigenvalue weighted by Gasteiger charge is -2.29. The van der Waals surface area contributed by atoms with Gasteiger partial charge in [-0.05, 0) is 35.8 Å². The third kappa shape index (κ3) is 7.54. The molecule has 2 amide bonds. The molecule has 1 aromatic carbocycles. The van der Waals surface area contributed by atoms with Gasteiger partial charge in [0.2, 0.25) is 0 Å². The van der Waals surface area contributed by atoms with Crippen molar-refractivity contribution in [2.45, 2.75) is 19.6 Å². The molecule has 1 aliphatic carbocycles. The molecule has 1 aromatic rings. The van der Waals surface area contributed by atoms with E-state index in [1.165, 1.54) is 9.80 Å². The summed E-state index contributed by atoms with van der Waals surface area (Å²) in [5, 5.41) is 0. The van der Waals surface area contributed by atoms with Crippen LogP contribution >= 0.6 is 0 Å². The maximum Gasteiger partial charge on any atom is 0.414 e. The molecule has 0 aromatic heterocycles. The van der Waals surface area contributed by atoms with Gasteiger partial charge in [0.25, 0.3) is 0 Å². The van der Waals surface area contributed by atoms with E-state index in [0.29, 0.717) is 35.7 Å². The second-order valence-corrected chi connectivity index (χ2v) is 8.86. The Morgan fingerprint density at radius 3 is 1.81 bits per heavy atom. The highest BCUT2D eigenvalue weighted by Gasteiger charge is 2.29. The van der Waals surface area contributed by atoms with Gasteiger partial charge in [-0.25, -0.2) is 9.59 Å². The maximum atomic E-state index is 12.4. The predicted molar refractivity (Wildman–Crippen MR) is 135 cm³/mol. The van der Waals surface area contributed by atoms with Gasteiger partial charge < -0.3 is 38.2 Å². The van der Waals surface area contributed by atoms with Crippen molar-refractivity contribution in [2.75, 3.05) is 69.8 Å². The van der Waals surface area contributed by atoms with Crippen LogP contribution in [-0.4, -0.2) is 91.8 Å². The Bertz CT molecular complexity index is 957. The molecule has 0 spiro atoms. The second-order valence-electron chi connectivity index (χ2n) is 8.86. The monoisotopic (exact) mass is 506 g/mol. The summed E-state index contributed by atoms with van der Waals surface area (Å²) in [6.45, 7) is 1.09. The first kappa shape index (κ1) is 29.3. The number of hydrogen-bond donors (Lipinski definition) is 0. The number of ether oxygens (including phenoxy) is 6. The Kier molecular flexibility index (Phi) is 11.4. The highest BCUT2D eigenvalue weighted by Crippen LogP contribution is 2.39. The Morgan fingerprint density at radius 2 is 1.33 bits per heavy atom. The average molecular weight is 507 g/mol. The molecule has 200 valence electrons. The number of hydrogen-bond acceptors (Lipinski definition) is 8. The Morgan fingerprint density at radius 1 is 0.806 bits per heavy atom. The quantitative estimate of drug-likeness (QED) is 0.449. The van der Waals surface area contributed by atoms with Crippen LogP contribution in [0, 0.1) is 5.92 Å². The maximum absolute atomic E-state index is 12.4. The van der Waals surface area contributed by atoms with Crippen LogP contribution in [0.25, 0.3) is 5.57 Å². The van der Waals surface area contributed by atoms with E-state index >= 15 is 0 Å². The van der Waals surface area contributed by atoms with E-state index in [0.717, 1.165) is 16.7 Å². The molecule has 10 nitrogen and oxygen atoms in total. The lowest BCUT2D eigenvalue weighted by Crippen LogP contribution is -2.28. The van der Waals surface area contributed by atoms with E-state index in [9.17, 15) is 9.59 Å². The van der Waals surface area contributed by atoms with E-state index in [-0.39, 0.29) is 25.7 Å². The molecule has 0 saturated heterocycles. The summed E-state index contributed by atoms with van der Waals surface area (Å²) in [5.41, 5.74) is 4.08. The summed E-state index contributed by atoms with van der Waals surface area (Å²) in [4.78, 5) is 27.4. The molecule has 0 fully saturated rings. The Balaban J connectivity index is 2.65. The molecular weight excluding hydrogens is 468 g/mol. The van der Waals surface area contributed by atoms with Crippen LogP contribution < -0.4 is 4.74 Å². The lowest BCUT2D eigenvalue weighted by molar-refractivity contribution is 0.106. The number of carbonyl (C=O) groups excluding carboxylic acids is 2. The molecule has 1 aliphatic rings. The molecule has 0 bridgehead atoms. The largest absolute Gasteiger partial charge is 0.414 e. The first-order valence-electron chi connectivity index (χ1n) is 11.5. The number of benzene rings is 1. The predicted octanol–water partition coefficient (Wildman–Crippen LogP) is 3.69. The number of nitrogens with zero attached hydrogens (tertiary/aromatic N) is 2. The van der Waals surface area contributed by atoms with Crippen molar-refractivity contribution in [2.24, 2.45) is 5.92 Å². The van der Waals surface area contributed by atoms with Gasteiger partial charge >= 0.3 is 12.2 Å². The van der Waals surface area contributed by atoms with Crippen LogP contribution in [0.1, 0.15) is 23.1 Å². The highest BCUT2D eigenvalue weighted by atomic mass is 16.6. The molecule has 0 N–H and O–H groups in total. The molecule has 0 heterocycles. The average Bonchev–Trinajstić information content (AvgIpc) is 2.82. The molecule has 0 aliphatic heterocycles. The standard InChI is InChI=1S/C26H38N2O8/c1-27(2)25(29)35-23-19(13-31-5)9-17(10-20(23)14-32-6)18-11-21(15-33-7)24(22(12-18)16-34-8)36-26(30)28(3)4/h9-11,22H,12-16H2,1-8H3. The molecule has 1 atom stereocenters. The third-order valence-corrected chi connectivity index (χ3v) is 5.50. The van der Waals surface area contributed by atoms with Crippen LogP contribution in [0.4, 0.5) is 9.59 Å². The molecule has 36 heavy (non-hydrogen) atoms. The first-order valence-corrected chi connectivity index (χ1v) is 11.5. The summed E-state index contributed by atoms with van der Waals surface area (Å²) in [7, 11) is 12.9. The van der Waals surface area contributed by atoms with Crippen LogP contribution in [0.15, 0.2) is 29.5 Å². The summed E-state index contributed by atoms with van der Waals surface area (Å²) in [5.74, 6) is 0.748. The van der Waals surface area contributed by atoms with Crippen molar-refractivity contribution < 1.29 is 38.0 Å². The van der Waals surface area contributed by atoms with Crippen LogP contribution in [0.3, 0.4) is 0 Å². The normalized spacial score (nSPS) is 15.4. The smallest absolute Gasteiger partial charge is 0.414 e. The van der Waals surface area contributed by atoms with Gasteiger partial charge in [0, 0.05) is 79.2 Å². The van der Waals surface area contributed by atoms with Gasteiger partial charge in [-0.1, -0.05) is 0 Å². The number of amides is 2. The summed E-state index contributed by atoms with van der Waals surface area (Å²) >= 11 is 0. The Hall–Kier alpha value is -2.92. The zero-order chi connectivity index (χ0) is 26.8. The number of rotatable bonds is 11. The topological polar surface area (TPSA) is 96.0 Å². The minimum absolute atomic E-state index is 0.202. The van der Waals surface area contributed by atoms with E-state index < -0.39 is 12.2 Å². The van der Waals surface area contributed by atoms with Crippen molar-refractivity contribution in [1.82, 2.24) is 9.80 Å². The molecule has 2 rings (SSSR count). The van der Waals surface area contributed by atoms with Gasteiger partial charge in [-0.15, -0.1) is 0 Å². The van der Waals surface area contributed by atoms with Gasteiger partial charge in [0.1, 0.15) is 11.5 Å². The van der Waals surface area contributed by atoms with Crippen molar-refractivity contribution in [3.05, 3.63) is 46.2 Å². The fraction of sp³-hybridized carbons (Fsp3) is 0.538. The molecule has 0 radical (unpaired) electrons. The number of carbonyl (C=O) groups is 2. The zero-order valence-corrected chi connectivity index (χ0v) is 22.5. The minimum atomic E-state index is -0.493. The SMILES string of the molecule is COCC1=C(OC(=O)N(C)C)C(COC)CC(c2cc(COC)c(OC(=O)N(C)C)c(COC)c2)=C1. The molecule has 0 saturated carbocycles. The van der Waals surface area contributed by atoms with Crippen LogP contribution in [0.2, 0.25) is 0 Å². The Labute approximate surface area is 213 Å². The fourth-order valence-electron chi connectivity index (χ4n) is 3.88. The van der Waals surface area contributed by atoms with E-state index in [4.69, 9.17) is 28.4 Å². The van der Waals surface area contributed by atoms with Gasteiger partial charge in [0.05, 0.1) is 26.4 Å². The molecular formula is C26H38N2O8. The molecule has 10 heteroatoms. The van der Waals surface area contributed by atoms with Crippen LogP contribution in [0.5, 0.6) is 5.75 Å². The summed E-state index contributed by atoms with van der Waals surface area (Å²) in [6, 6.07) is 3.88. The van der Waals surface area contributed by atoms with Gasteiger partial charge in [-0.2, -0.15) is 0 Å².